The summed E-state index contributed by atoms with van der Waals surface area (Å²) < 4.78 is 1.90. The van der Waals surface area contributed by atoms with Crippen molar-refractivity contribution in [2.24, 2.45) is 5.92 Å². The van der Waals surface area contributed by atoms with E-state index in [1.807, 2.05) is 34.2 Å². The molecule has 4 aromatic rings. The van der Waals surface area contributed by atoms with E-state index in [0.29, 0.717) is 39.3 Å². The number of piperidine rings is 1. The number of fused-ring (bicyclic) bond motifs is 4. The largest absolute Gasteiger partial charge is 0.369 e. The van der Waals surface area contributed by atoms with Crippen LogP contribution >= 0.6 is 22.9 Å². The lowest BCUT2D eigenvalue weighted by atomic mass is 9.83. The van der Waals surface area contributed by atoms with E-state index in [-0.39, 0.29) is 23.3 Å². The first-order chi connectivity index (χ1) is 18.4. The Kier molecular flexibility index (Phi) is 6.51. The summed E-state index contributed by atoms with van der Waals surface area (Å²) in [6.07, 6.45) is 1.03. The van der Waals surface area contributed by atoms with Crippen molar-refractivity contribution in [3.8, 4) is 0 Å². The molecule has 0 spiro atoms. The lowest BCUT2D eigenvalue weighted by Crippen LogP contribution is -2.47. The summed E-state index contributed by atoms with van der Waals surface area (Å²) in [4.78, 5) is 41.4. The fourth-order valence-electron chi connectivity index (χ4n) is 5.47. The average molecular weight is 545 g/mol. The quantitative estimate of drug-likeness (QED) is 0.338. The number of hydrogen-bond acceptors (Lipinski definition) is 5. The first-order valence-corrected chi connectivity index (χ1v) is 13.7. The number of anilines is 3. The Labute approximate surface area is 228 Å². The molecular weight excluding hydrogens is 520 g/mol. The summed E-state index contributed by atoms with van der Waals surface area (Å²) >= 11 is 7.33. The number of thiophene rings is 1. The van der Waals surface area contributed by atoms with Gasteiger partial charge < -0.3 is 20.1 Å². The molecule has 7 nitrogen and oxygen atoms in total. The lowest BCUT2D eigenvalue weighted by Gasteiger charge is -2.44. The van der Waals surface area contributed by atoms with Crippen LogP contribution in [-0.4, -0.2) is 29.5 Å². The Morgan fingerprint density at radius 1 is 0.895 bits per heavy atom. The summed E-state index contributed by atoms with van der Waals surface area (Å²) in [6, 6.07) is 21.4. The highest BCUT2D eigenvalue weighted by molar-refractivity contribution is 7.12. The number of nitrogens with one attached hydrogen (secondary N) is 2. The lowest BCUT2D eigenvalue weighted by molar-refractivity contribution is 0.101. The Balaban J connectivity index is 1.32. The molecular formula is C29H25ClN4O3S. The van der Waals surface area contributed by atoms with Gasteiger partial charge >= 0.3 is 0 Å². The van der Waals surface area contributed by atoms with Gasteiger partial charge in [-0.3, -0.25) is 14.4 Å². The van der Waals surface area contributed by atoms with Crippen LogP contribution < -0.4 is 21.1 Å². The summed E-state index contributed by atoms with van der Waals surface area (Å²) in [6.45, 7) is 2.16. The number of pyridine rings is 1. The molecule has 2 amide bonds. The summed E-state index contributed by atoms with van der Waals surface area (Å²) in [5.41, 5.74) is 3.61. The van der Waals surface area contributed by atoms with Crippen molar-refractivity contribution < 1.29 is 9.59 Å². The molecule has 9 heteroatoms. The van der Waals surface area contributed by atoms with Crippen LogP contribution in [0.5, 0.6) is 0 Å². The molecule has 2 aromatic heterocycles. The molecule has 38 heavy (non-hydrogen) atoms. The second kappa shape index (κ2) is 10.1. The third-order valence-corrected chi connectivity index (χ3v) is 8.30. The highest BCUT2D eigenvalue weighted by atomic mass is 35.5. The van der Waals surface area contributed by atoms with Crippen LogP contribution in [0.15, 0.2) is 83.0 Å². The first kappa shape index (κ1) is 24.5. The maximum atomic E-state index is 13.1. The number of aromatic nitrogens is 1. The Bertz CT molecular complexity index is 1570. The van der Waals surface area contributed by atoms with Crippen molar-refractivity contribution in [1.82, 2.24) is 4.57 Å². The SMILES string of the molecule is O=C(Nc1ccc(Cl)cc1)c1ccc(N2C[C@H]3C[C@@H](C2)c2cccc(=O)n2C3)c(NC(=O)c2cccs2)c1. The second-order valence-electron chi connectivity index (χ2n) is 9.73. The van der Waals surface area contributed by atoms with Crippen LogP contribution in [0.3, 0.4) is 0 Å². The van der Waals surface area contributed by atoms with Crippen molar-refractivity contribution in [3.05, 3.63) is 110 Å². The van der Waals surface area contributed by atoms with Crippen LogP contribution in [-0.2, 0) is 6.54 Å². The minimum atomic E-state index is -0.283. The molecule has 1 fully saturated rings. The third-order valence-electron chi connectivity index (χ3n) is 7.17. The topological polar surface area (TPSA) is 83.4 Å². The fourth-order valence-corrected chi connectivity index (χ4v) is 6.22. The molecule has 0 radical (unpaired) electrons. The smallest absolute Gasteiger partial charge is 0.265 e. The molecule has 0 saturated carbocycles. The number of benzene rings is 2. The van der Waals surface area contributed by atoms with Gasteiger partial charge in [-0.2, -0.15) is 0 Å². The van der Waals surface area contributed by atoms with Gasteiger partial charge in [0.15, 0.2) is 0 Å². The Morgan fingerprint density at radius 2 is 1.74 bits per heavy atom. The minimum Gasteiger partial charge on any atom is -0.369 e. The summed E-state index contributed by atoms with van der Waals surface area (Å²) in [5.74, 6) is 0.0279. The van der Waals surface area contributed by atoms with Crippen molar-refractivity contribution in [1.29, 1.82) is 0 Å². The van der Waals surface area contributed by atoms with Gasteiger partial charge in [0.05, 0.1) is 16.3 Å². The van der Waals surface area contributed by atoms with E-state index in [0.717, 1.165) is 30.9 Å². The average Bonchev–Trinajstić information content (AvgIpc) is 3.46. The third kappa shape index (κ3) is 4.85. The zero-order valence-electron chi connectivity index (χ0n) is 20.4. The van der Waals surface area contributed by atoms with E-state index < -0.39 is 0 Å². The van der Waals surface area contributed by atoms with Crippen LogP contribution in [0.25, 0.3) is 0 Å². The maximum Gasteiger partial charge on any atom is 0.265 e. The van der Waals surface area contributed by atoms with Crippen molar-refractivity contribution in [3.63, 3.8) is 0 Å². The first-order valence-electron chi connectivity index (χ1n) is 12.4. The van der Waals surface area contributed by atoms with Gasteiger partial charge in [0.1, 0.15) is 0 Å². The van der Waals surface area contributed by atoms with Gasteiger partial charge in [-0.05, 0) is 72.3 Å². The molecule has 4 heterocycles. The van der Waals surface area contributed by atoms with Crippen molar-refractivity contribution in [2.75, 3.05) is 28.6 Å². The normalized spacial score (nSPS) is 18.0. The maximum absolute atomic E-state index is 13.1. The number of amides is 2. The summed E-state index contributed by atoms with van der Waals surface area (Å²) in [5, 5.41) is 8.38. The van der Waals surface area contributed by atoms with Gasteiger partial charge in [-0.15, -0.1) is 11.3 Å². The van der Waals surface area contributed by atoms with E-state index >= 15 is 0 Å². The van der Waals surface area contributed by atoms with E-state index in [2.05, 4.69) is 15.5 Å². The predicted octanol–water partition coefficient (Wildman–Crippen LogP) is 5.69. The van der Waals surface area contributed by atoms with Gasteiger partial charge in [0, 0.05) is 53.6 Å². The monoisotopic (exact) mass is 544 g/mol. The molecule has 2 atom stereocenters. The van der Waals surface area contributed by atoms with Crippen molar-refractivity contribution >= 4 is 51.8 Å². The van der Waals surface area contributed by atoms with Gasteiger partial charge in [0.2, 0.25) is 0 Å². The molecule has 0 aliphatic carbocycles. The predicted molar refractivity (Wildman–Crippen MR) is 152 cm³/mol. The fraction of sp³-hybridized carbons (Fsp3) is 0.207. The minimum absolute atomic E-state index is 0.0469. The number of carbonyl (C=O) groups excluding carboxylic acids is 2. The van der Waals surface area contributed by atoms with Gasteiger partial charge in [-0.25, -0.2) is 0 Å². The van der Waals surface area contributed by atoms with Gasteiger partial charge in [-0.1, -0.05) is 23.7 Å². The second-order valence-corrected chi connectivity index (χ2v) is 11.1. The number of hydrogen-bond donors (Lipinski definition) is 2. The molecule has 2 aromatic carbocycles. The molecule has 2 bridgehead atoms. The number of rotatable bonds is 5. The van der Waals surface area contributed by atoms with Crippen molar-refractivity contribution in [2.45, 2.75) is 18.9 Å². The van der Waals surface area contributed by atoms with Crippen LogP contribution in [0.4, 0.5) is 17.1 Å². The number of carbonyl (C=O) groups is 2. The standard InChI is InChI=1S/C29H25ClN4O3S/c30-21-7-9-22(10-8-21)31-28(36)19-6-11-25(23(14-19)32-29(37)26-4-2-12-38-26)33-15-18-13-20(17-33)24-3-1-5-27(35)34(24)16-18/h1-12,14,18,20H,13,15-17H2,(H,31,36)(H,32,37)/t18-,20+/m1/s1. The highest BCUT2D eigenvalue weighted by Crippen LogP contribution is 2.39. The zero-order chi connectivity index (χ0) is 26.2. The molecule has 192 valence electrons. The zero-order valence-corrected chi connectivity index (χ0v) is 22.0. The number of nitrogens with zero attached hydrogens (tertiary/aromatic N) is 2. The van der Waals surface area contributed by atoms with Gasteiger partial charge in [0.25, 0.3) is 17.4 Å². The Hall–Kier alpha value is -3.88. The van der Waals surface area contributed by atoms with E-state index in [1.54, 1.807) is 48.5 Å². The van der Waals surface area contributed by atoms with E-state index in [9.17, 15) is 14.4 Å². The number of halogens is 1. The van der Waals surface area contributed by atoms with E-state index in [4.69, 9.17) is 11.6 Å². The highest BCUT2D eigenvalue weighted by Gasteiger charge is 2.35. The summed E-state index contributed by atoms with van der Waals surface area (Å²) in [7, 11) is 0. The van der Waals surface area contributed by atoms with Crippen LogP contribution in [0.1, 0.15) is 38.1 Å². The van der Waals surface area contributed by atoms with Crippen LogP contribution in [0.2, 0.25) is 5.02 Å². The molecule has 2 aliphatic rings. The molecule has 6 rings (SSSR count). The molecule has 1 saturated heterocycles. The Morgan fingerprint density at radius 3 is 2.53 bits per heavy atom. The molecule has 0 unspecified atom stereocenters. The van der Waals surface area contributed by atoms with Crippen LogP contribution in [0, 0.1) is 5.92 Å². The molecule has 2 N–H and O–H groups in total. The molecule has 2 aliphatic heterocycles. The van der Waals surface area contributed by atoms with E-state index in [1.165, 1.54) is 11.3 Å².